The zero-order valence-corrected chi connectivity index (χ0v) is 13.2. The van der Waals surface area contributed by atoms with Gasteiger partial charge in [0, 0.05) is 41.4 Å². The summed E-state index contributed by atoms with van der Waals surface area (Å²) in [5, 5.41) is 4.73. The van der Waals surface area contributed by atoms with E-state index >= 15 is 0 Å². The minimum atomic E-state index is 0.738. The van der Waals surface area contributed by atoms with E-state index in [1.165, 1.54) is 0 Å². The molecule has 2 aromatic rings. The molecule has 20 heavy (non-hydrogen) atoms. The predicted molar refractivity (Wildman–Crippen MR) is 87.8 cm³/mol. The van der Waals surface area contributed by atoms with Crippen LogP contribution >= 0.6 is 23.2 Å². The molecule has 0 amide bonds. The topological polar surface area (TPSA) is 15.3 Å². The SMILES string of the molecule is CNCc1c(Cl)cccc1N(C)Cc1ccccc1Cl. The third kappa shape index (κ3) is 3.45. The van der Waals surface area contributed by atoms with Crippen molar-refractivity contribution in [3.8, 4) is 0 Å². The number of benzene rings is 2. The van der Waals surface area contributed by atoms with E-state index < -0.39 is 0 Å². The van der Waals surface area contributed by atoms with Gasteiger partial charge in [0.15, 0.2) is 0 Å². The monoisotopic (exact) mass is 308 g/mol. The van der Waals surface area contributed by atoms with Crippen molar-refractivity contribution in [3.63, 3.8) is 0 Å². The molecule has 2 aromatic carbocycles. The highest BCUT2D eigenvalue weighted by Gasteiger charge is 2.11. The maximum atomic E-state index is 6.29. The first-order valence-electron chi connectivity index (χ1n) is 6.50. The van der Waals surface area contributed by atoms with E-state index in [2.05, 4.69) is 16.3 Å². The van der Waals surface area contributed by atoms with Gasteiger partial charge in [0.25, 0.3) is 0 Å². The quantitative estimate of drug-likeness (QED) is 0.883. The third-order valence-corrected chi connectivity index (χ3v) is 3.95. The molecule has 1 N–H and O–H groups in total. The molecule has 2 nitrogen and oxygen atoms in total. The number of rotatable bonds is 5. The van der Waals surface area contributed by atoms with Crippen molar-refractivity contribution in [2.75, 3.05) is 19.0 Å². The number of hydrogen-bond donors (Lipinski definition) is 1. The van der Waals surface area contributed by atoms with Gasteiger partial charge in [0.05, 0.1) is 0 Å². The zero-order valence-electron chi connectivity index (χ0n) is 11.7. The summed E-state index contributed by atoms with van der Waals surface area (Å²) in [6.07, 6.45) is 0. The summed E-state index contributed by atoms with van der Waals surface area (Å²) in [6, 6.07) is 13.9. The van der Waals surface area contributed by atoms with Gasteiger partial charge in [-0.25, -0.2) is 0 Å². The summed E-state index contributed by atoms with van der Waals surface area (Å²) < 4.78 is 0. The summed E-state index contributed by atoms with van der Waals surface area (Å²) >= 11 is 12.5. The molecule has 2 rings (SSSR count). The van der Waals surface area contributed by atoms with Gasteiger partial charge in [-0.1, -0.05) is 47.5 Å². The highest BCUT2D eigenvalue weighted by Crippen LogP contribution is 2.28. The van der Waals surface area contributed by atoms with Crippen molar-refractivity contribution in [1.29, 1.82) is 0 Å². The molecular weight excluding hydrogens is 291 g/mol. The average molecular weight is 309 g/mol. The first kappa shape index (κ1) is 15.2. The summed E-state index contributed by atoms with van der Waals surface area (Å²) in [5.74, 6) is 0. The second-order valence-electron chi connectivity index (χ2n) is 4.72. The third-order valence-electron chi connectivity index (χ3n) is 3.22. The molecule has 0 aliphatic heterocycles. The highest BCUT2D eigenvalue weighted by atomic mass is 35.5. The van der Waals surface area contributed by atoms with Crippen LogP contribution in [0.15, 0.2) is 42.5 Å². The van der Waals surface area contributed by atoms with Gasteiger partial charge in [-0.3, -0.25) is 0 Å². The first-order chi connectivity index (χ1) is 9.63. The molecule has 0 bridgehead atoms. The largest absolute Gasteiger partial charge is 0.370 e. The Hall–Kier alpha value is -1.22. The van der Waals surface area contributed by atoms with Crippen LogP contribution in [0.1, 0.15) is 11.1 Å². The summed E-state index contributed by atoms with van der Waals surface area (Å²) in [7, 11) is 3.97. The van der Waals surface area contributed by atoms with Gasteiger partial charge in [0.1, 0.15) is 0 Å². The minimum absolute atomic E-state index is 0.738. The second-order valence-corrected chi connectivity index (χ2v) is 5.53. The summed E-state index contributed by atoms with van der Waals surface area (Å²) in [4.78, 5) is 2.17. The fraction of sp³-hybridized carbons (Fsp3) is 0.250. The van der Waals surface area contributed by atoms with Crippen LogP contribution in [0.2, 0.25) is 10.0 Å². The smallest absolute Gasteiger partial charge is 0.0471 e. The van der Waals surface area contributed by atoms with E-state index in [0.717, 1.165) is 39.9 Å². The van der Waals surface area contributed by atoms with Gasteiger partial charge in [0.2, 0.25) is 0 Å². The molecule has 0 radical (unpaired) electrons. The molecule has 0 unspecified atom stereocenters. The number of halogens is 2. The lowest BCUT2D eigenvalue weighted by Gasteiger charge is -2.24. The van der Waals surface area contributed by atoms with E-state index in [-0.39, 0.29) is 0 Å². The average Bonchev–Trinajstić information content (AvgIpc) is 2.43. The van der Waals surface area contributed by atoms with Crippen molar-refractivity contribution in [2.45, 2.75) is 13.1 Å². The first-order valence-corrected chi connectivity index (χ1v) is 7.25. The van der Waals surface area contributed by atoms with E-state index in [0.29, 0.717) is 0 Å². The Bertz CT molecular complexity index is 584. The van der Waals surface area contributed by atoms with Crippen LogP contribution in [0.25, 0.3) is 0 Å². The van der Waals surface area contributed by atoms with Crippen molar-refractivity contribution in [3.05, 3.63) is 63.6 Å². The Balaban J connectivity index is 2.27. The lowest BCUT2D eigenvalue weighted by atomic mass is 10.1. The number of nitrogens with one attached hydrogen (secondary N) is 1. The maximum absolute atomic E-state index is 6.29. The molecule has 0 heterocycles. The number of hydrogen-bond acceptors (Lipinski definition) is 2. The van der Waals surface area contributed by atoms with Crippen LogP contribution in [-0.2, 0) is 13.1 Å². The molecule has 0 saturated heterocycles. The normalized spacial score (nSPS) is 10.6. The molecule has 0 saturated carbocycles. The van der Waals surface area contributed by atoms with Crippen LogP contribution in [0.4, 0.5) is 5.69 Å². The zero-order chi connectivity index (χ0) is 14.5. The molecule has 0 spiro atoms. The van der Waals surface area contributed by atoms with Crippen LogP contribution in [0.5, 0.6) is 0 Å². The van der Waals surface area contributed by atoms with E-state index in [1.54, 1.807) is 0 Å². The Kier molecular flexibility index (Phi) is 5.30. The van der Waals surface area contributed by atoms with Crippen molar-refractivity contribution in [1.82, 2.24) is 5.32 Å². The molecule has 0 atom stereocenters. The van der Waals surface area contributed by atoms with Crippen LogP contribution in [-0.4, -0.2) is 14.1 Å². The van der Waals surface area contributed by atoms with E-state index in [9.17, 15) is 0 Å². The molecule has 0 fully saturated rings. The van der Waals surface area contributed by atoms with E-state index in [4.69, 9.17) is 23.2 Å². The molecule has 0 aliphatic carbocycles. The lowest BCUT2D eigenvalue weighted by molar-refractivity contribution is 0.805. The Morgan fingerprint density at radius 2 is 1.70 bits per heavy atom. The molecule has 0 aromatic heterocycles. The Labute approximate surface area is 130 Å². The predicted octanol–water partition coefficient (Wildman–Crippen LogP) is 4.35. The van der Waals surface area contributed by atoms with Crippen molar-refractivity contribution < 1.29 is 0 Å². The lowest BCUT2D eigenvalue weighted by Crippen LogP contribution is -2.20. The van der Waals surface area contributed by atoms with Gasteiger partial charge in [-0.15, -0.1) is 0 Å². The van der Waals surface area contributed by atoms with Crippen LogP contribution < -0.4 is 10.2 Å². The molecule has 106 valence electrons. The van der Waals surface area contributed by atoms with Crippen LogP contribution in [0.3, 0.4) is 0 Å². The number of nitrogens with zero attached hydrogens (tertiary/aromatic N) is 1. The molecular formula is C16H18Cl2N2. The highest BCUT2D eigenvalue weighted by molar-refractivity contribution is 6.32. The van der Waals surface area contributed by atoms with Gasteiger partial charge in [-0.05, 0) is 30.8 Å². The van der Waals surface area contributed by atoms with Gasteiger partial charge >= 0.3 is 0 Å². The minimum Gasteiger partial charge on any atom is -0.370 e. The fourth-order valence-corrected chi connectivity index (χ4v) is 2.66. The maximum Gasteiger partial charge on any atom is 0.0471 e. The fourth-order valence-electron chi connectivity index (χ4n) is 2.22. The number of anilines is 1. The summed E-state index contributed by atoms with van der Waals surface area (Å²) in [5.41, 5.74) is 3.32. The van der Waals surface area contributed by atoms with Crippen molar-refractivity contribution >= 4 is 28.9 Å². The van der Waals surface area contributed by atoms with Gasteiger partial charge < -0.3 is 10.2 Å². The van der Waals surface area contributed by atoms with E-state index in [1.807, 2.05) is 50.5 Å². The Morgan fingerprint density at radius 1 is 1.00 bits per heavy atom. The molecule has 0 aliphatic rings. The Morgan fingerprint density at radius 3 is 2.40 bits per heavy atom. The molecule has 4 heteroatoms. The second kappa shape index (κ2) is 6.98. The standard InChI is InChI=1S/C16H18Cl2N2/c1-19-10-13-15(18)8-5-9-16(13)20(2)11-12-6-3-4-7-14(12)17/h3-9,19H,10-11H2,1-2H3. The van der Waals surface area contributed by atoms with Gasteiger partial charge in [-0.2, -0.15) is 0 Å². The van der Waals surface area contributed by atoms with Crippen LogP contribution in [0, 0.1) is 0 Å². The van der Waals surface area contributed by atoms with Crippen molar-refractivity contribution in [2.24, 2.45) is 0 Å². The summed E-state index contributed by atoms with van der Waals surface area (Å²) in [6.45, 7) is 1.48.